The summed E-state index contributed by atoms with van der Waals surface area (Å²) in [6.45, 7) is 5.81. The van der Waals surface area contributed by atoms with E-state index in [2.05, 4.69) is 21.8 Å². The maximum atomic E-state index is 4.04. The zero-order chi connectivity index (χ0) is 11.2. The van der Waals surface area contributed by atoms with Crippen LogP contribution in [0, 0.1) is 11.8 Å². The van der Waals surface area contributed by atoms with E-state index >= 15 is 0 Å². The highest BCUT2D eigenvalue weighted by Gasteiger charge is 2.22. The van der Waals surface area contributed by atoms with Crippen molar-refractivity contribution >= 4 is 0 Å². The SMILES string of the molecule is CC1CCCC1CNCCCn1ccnc1. The van der Waals surface area contributed by atoms with Crippen molar-refractivity contribution in [2.24, 2.45) is 11.8 Å². The third-order valence-corrected chi connectivity index (χ3v) is 3.77. The van der Waals surface area contributed by atoms with Gasteiger partial charge in [0, 0.05) is 18.9 Å². The van der Waals surface area contributed by atoms with Crippen LogP contribution in [0.3, 0.4) is 0 Å². The van der Waals surface area contributed by atoms with Crippen molar-refractivity contribution in [3.63, 3.8) is 0 Å². The van der Waals surface area contributed by atoms with Crippen LogP contribution in [0.2, 0.25) is 0 Å². The Bertz CT molecular complexity index is 281. The summed E-state index contributed by atoms with van der Waals surface area (Å²) >= 11 is 0. The molecule has 1 saturated carbocycles. The van der Waals surface area contributed by atoms with Crippen LogP contribution in [0.4, 0.5) is 0 Å². The summed E-state index contributed by atoms with van der Waals surface area (Å²) in [5.74, 6) is 1.86. The molecule has 2 unspecified atom stereocenters. The Morgan fingerprint density at radius 2 is 2.38 bits per heavy atom. The lowest BCUT2D eigenvalue weighted by Crippen LogP contribution is -2.25. The number of hydrogen-bond acceptors (Lipinski definition) is 2. The zero-order valence-electron chi connectivity index (χ0n) is 10.2. The van der Waals surface area contributed by atoms with E-state index in [1.807, 2.05) is 18.7 Å². The van der Waals surface area contributed by atoms with Gasteiger partial charge in [-0.15, -0.1) is 0 Å². The molecular weight excluding hydrogens is 198 g/mol. The largest absolute Gasteiger partial charge is 0.337 e. The quantitative estimate of drug-likeness (QED) is 0.747. The average molecular weight is 221 g/mol. The van der Waals surface area contributed by atoms with E-state index < -0.39 is 0 Å². The second kappa shape index (κ2) is 6.04. The molecule has 0 bridgehead atoms. The Hall–Kier alpha value is -0.830. The number of aryl methyl sites for hydroxylation is 1. The van der Waals surface area contributed by atoms with Gasteiger partial charge in [-0.1, -0.05) is 19.8 Å². The van der Waals surface area contributed by atoms with Crippen molar-refractivity contribution in [3.8, 4) is 0 Å². The number of nitrogens with zero attached hydrogens (tertiary/aromatic N) is 2. The normalized spacial score (nSPS) is 25.1. The van der Waals surface area contributed by atoms with Crippen molar-refractivity contribution in [2.75, 3.05) is 13.1 Å². The molecule has 1 aromatic heterocycles. The maximum Gasteiger partial charge on any atom is 0.0945 e. The van der Waals surface area contributed by atoms with Crippen LogP contribution in [0.5, 0.6) is 0 Å². The fourth-order valence-corrected chi connectivity index (χ4v) is 2.62. The van der Waals surface area contributed by atoms with Crippen LogP contribution in [0.1, 0.15) is 32.6 Å². The number of aromatic nitrogens is 2. The van der Waals surface area contributed by atoms with Gasteiger partial charge < -0.3 is 9.88 Å². The van der Waals surface area contributed by atoms with E-state index in [4.69, 9.17) is 0 Å². The van der Waals surface area contributed by atoms with Crippen molar-refractivity contribution in [3.05, 3.63) is 18.7 Å². The van der Waals surface area contributed by atoms with E-state index in [9.17, 15) is 0 Å². The Balaban J connectivity index is 1.52. The molecule has 2 rings (SSSR count). The molecule has 1 aromatic rings. The first kappa shape index (κ1) is 11.6. The van der Waals surface area contributed by atoms with Gasteiger partial charge >= 0.3 is 0 Å². The second-order valence-corrected chi connectivity index (χ2v) is 5.03. The fraction of sp³-hybridized carbons (Fsp3) is 0.769. The third-order valence-electron chi connectivity index (χ3n) is 3.77. The van der Waals surface area contributed by atoms with Gasteiger partial charge in [-0.25, -0.2) is 4.98 Å². The number of nitrogens with one attached hydrogen (secondary N) is 1. The summed E-state index contributed by atoms with van der Waals surface area (Å²) in [5.41, 5.74) is 0. The molecule has 1 heterocycles. The molecule has 1 N–H and O–H groups in total. The lowest BCUT2D eigenvalue weighted by Gasteiger charge is -2.15. The third kappa shape index (κ3) is 3.34. The van der Waals surface area contributed by atoms with E-state index in [1.165, 1.54) is 32.2 Å². The Labute approximate surface area is 98.3 Å². The van der Waals surface area contributed by atoms with Gasteiger partial charge in [0.25, 0.3) is 0 Å². The van der Waals surface area contributed by atoms with Crippen molar-refractivity contribution in [2.45, 2.75) is 39.2 Å². The van der Waals surface area contributed by atoms with Gasteiger partial charge in [-0.2, -0.15) is 0 Å². The monoisotopic (exact) mass is 221 g/mol. The summed E-state index contributed by atoms with van der Waals surface area (Å²) in [4.78, 5) is 4.04. The van der Waals surface area contributed by atoms with Gasteiger partial charge in [0.05, 0.1) is 6.33 Å². The van der Waals surface area contributed by atoms with Gasteiger partial charge in [0.15, 0.2) is 0 Å². The minimum atomic E-state index is 0.924. The number of rotatable bonds is 6. The fourth-order valence-electron chi connectivity index (χ4n) is 2.62. The summed E-state index contributed by atoms with van der Waals surface area (Å²) in [6.07, 6.45) is 11.2. The molecular formula is C13H23N3. The minimum absolute atomic E-state index is 0.924. The molecule has 0 aliphatic heterocycles. The standard InChI is InChI=1S/C13H23N3/c1-12-4-2-5-13(12)10-14-6-3-8-16-9-7-15-11-16/h7,9,11-14H,2-6,8,10H2,1H3. The summed E-state index contributed by atoms with van der Waals surface area (Å²) < 4.78 is 2.14. The predicted octanol–water partition coefficient (Wildman–Crippen LogP) is 2.30. The second-order valence-electron chi connectivity index (χ2n) is 5.03. The molecule has 90 valence electrons. The maximum absolute atomic E-state index is 4.04. The Kier molecular flexibility index (Phi) is 4.40. The molecule has 1 fully saturated rings. The molecule has 0 aromatic carbocycles. The van der Waals surface area contributed by atoms with Crippen LogP contribution in [0.15, 0.2) is 18.7 Å². The molecule has 16 heavy (non-hydrogen) atoms. The van der Waals surface area contributed by atoms with Gasteiger partial charge in [-0.3, -0.25) is 0 Å². The molecule has 1 aliphatic carbocycles. The predicted molar refractivity (Wildman–Crippen MR) is 66.2 cm³/mol. The lowest BCUT2D eigenvalue weighted by atomic mass is 9.98. The highest BCUT2D eigenvalue weighted by Crippen LogP contribution is 2.30. The van der Waals surface area contributed by atoms with Crippen molar-refractivity contribution < 1.29 is 0 Å². The van der Waals surface area contributed by atoms with Crippen molar-refractivity contribution in [1.82, 2.24) is 14.9 Å². The molecule has 3 nitrogen and oxygen atoms in total. The van der Waals surface area contributed by atoms with E-state index in [1.54, 1.807) is 0 Å². The smallest absolute Gasteiger partial charge is 0.0945 e. The lowest BCUT2D eigenvalue weighted by molar-refractivity contribution is 0.389. The molecule has 0 amide bonds. The minimum Gasteiger partial charge on any atom is -0.337 e. The zero-order valence-corrected chi connectivity index (χ0v) is 10.2. The average Bonchev–Trinajstić information content (AvgIpc) is 2.90. The van der Waals surface area contributed by atoms with Crippen LogP contribution < -0.4 is 5.32 Å². The van der Waals surface area contributed by atoms with E-state index in [-0.39, 0.29) is 0 Å². The Morgan fingerprint density at radius 3 is 3.06 bits per heavy atom. The highest BCUT2D eigenvalue weighted by atomic mass is 15.0. The number of imidazole rings is 1. The highest BCUT2D eigenvalue weighted by molar-refractivity contribution is 4.76. The summed E-state index contributed by atoms with van der Waals surface area (Å²) in [7, 11) is 0. The molecule has 0 saturated heterocycles. The van der Waals surface area contributed by atoms with Crippen LogP contribution in [-0.4, -0.2) is 22.6 Å². The van der Waals surface area contributed by atoms with E-state index in [0.29, 0.717) is 0 Å². The van der Waals surface area contributed by atoms with Crippen LogP contribution in [-0.2, 0) is 6.54 Å². The molecule has 0 spiro atoms. The van der Waals surface area contributed by atoms with Crippen molar-refractivity contribution in [1.29, 1.82) is 0 Å². The van der Waals surface area contributed by atoms with E-state index in [0.717, 1.165) is 24.9 Å². The topological polar surface area (TPSA) is 29.9 Å². The van der Waals surface area contributed by atoms with Gasteiger partial charge in [-0.05, 0) is 37.8 Å². The molecule has 1 aliphatic rings. The van der Waals surface area contributed by atoms with Gasteiger partial charge in [0.1, 0.15) is 0 Å². The summed E-state index contributed by atoms with van der Waals surface area (Å²) in [5, 5.41) is 3.59. The van der Waals surface area contributed by atoms with Gasteiger partial charge in [0.2, 0.25) is 0 Å². The molecule has 0 radical (unpaired) electrons. The molecule has 2 atom stereocenters. The van der Waals surface area contributed by atoms with Crippen LogP contribution in [0.25, 0.3) is 0 Å². The summed E-state index contributed by atoms with van der Waals surface area (Å²) in [6, 6.07) is 0. The Morgan fingerprint density at radius 1 is 1.44 bits per heavy atom. The first-order valence-corrected chi connectivity index (χ1v) is 6.52. The molecule has 3 heteroatoms. The first-order chi connectivity index (χ1) is 7.86. The van der Waals surface area contributed by atoms with Crippen LogP contribution >= 0.6 is 0 Å². The first-order valence-electron chi connectivity index (χ1n) is 6.52. The number of hydrogen-bond donors (Lipinski definition) is 1.